The van der Waals surface area contributed by atoms with Gasteiger partial charge in [0.1, 0.15) is 6.04 Å². The van der Waals surface area contributed by atoms with E-state index in [9.17, 15) is 19.5 Å². The van der Waals surface area contributed by atoms with Crippen LogP contribution >= 0.6 is 0 Å². The molecule has 8 heteroatoms. The fourth-order valence-corrected chi connectivity index (χ4v) is 3.29. The first kappa shape index (κ1) is 17.5. The number of hydrogen-bond donors (Lipinski definition) is 4. The summed E-state index contributed by atoms with van der Waals surface area (Å²) in [5.74, 6) is -0.906. The molecule has 1 aromatic rings. The van der Waals surface area contributed by atoms with Crippen molar-refractivity contribution in [1.29, 1.82) is 0 Å². The van der Waals surface area contributed by atoms with Crippen LogP contribution in [0.1, 0.15) is 34.3 Å². The molecule has 0 spiro atoms. The third-order valence-electron chi connectivity index (χ3n) is 4.77. The molecule has 2 unspecified atom stereocenters. The van der Waals surface area contributed by atoms with Gasteiger partial charge in [-0.15, -0.1) is 0 Å². The van der Waals surface area contributed by atoms with E-state index in [4.69, 9.17) is 5.73 Å². The van der Waals surface area contributed by atoms with Crippen LogP contribution in [0.25, 0.3) is 0 Å². The zero-order chi connectivity index (χ0) is 18.0. The number of carbonyl (C=O) groups is 3. The molecule has 2 atom stereocenters. The Morgan fingerprint density at radius 3 is 2.84 bits per heavy atom. The average Bonchev–Trinajstić information content (AvgIpc) is 2.93. The van der Waals surface area contributed by atoms with Crippen LogP contribution in [0.15, 0.2) is 18.2 Å². The molecular weight excluding hydrogens is 324 g/mol. The van der Waals surface area contributed by atoms with Gasteiger partial charge in [0, 0.05) is 37.7 Å². The maximum atomic E-state index is 12.7. The molecule has 134 valence electrons. The molecule has 0 saturated carbocycles. The van der Waals surface area contributed by atoms with Crippen LogP contribution in [0.5, 0.6) is 0 Å². The van der Waals surface area contributed by atoms with Gasteiger partial charge in [0.15, 0.2) is 0 Å². The number of piperidine rings is 1. The normalized spacial score (nSPS) is 21.3. The molecule has 3 amide bonds. The number of rotatable bonds is 6. The Bertz CT molecular complexity index is 702. The predicted octanol–water partition coefficient (Wildman–Crippen LogP) is -1.14. The number of benzene rings is 1. The minimum Gasteiger partial charge on any atom is -0.395 e. The second-order valence-corrected chi connectivity index (χ2v) is 6.34. The molecule has 1 fully saturated rings. The minimum atomic E-state index is -0.618. The number of fused-ring (bicyclic) bond motifs is 1. The summed E-state index contributed by atoms with van der Waals surface area (Å²) in [6, 6.07) is 4.64. The van der Waals surface area contributed by atoms with Crippen LogP contribution < -0.4 is 16.4 Å². The summed E-state index contributed by atoms with van der Waals surface area (Å²) in [7, 11) is 0. The summed E-state index contributed by atoms with van der Waals surface area (Å²) >= 11 is 0. The van der Waals surface area contributed by atoms with Gasteiger partial charge in [0.25, 0.3) is 5.91 Å². The Balaban J connectivity index is 1.78. The lowest BCUT2D eigenvalue weighted by molar-refractivity contribution is -0.136. The lowest BCUT2D eigenvalue weighted by Gasteiger charge is -2.29. The zero-order valence-electron chi connectivity index (χ0n) is 13.8. The van der Waals surface area contributed by atoms with Crippen molar-refractivity contribution in [2.45, 2.75) is 38.0 Å². The molecule has 1 saturated heterocycles. The van der Waals surface area contributed by atoms with Gasteiger partial charge >= 0.3 is 0 Å². The Morgan fingerprint density at radius 2 is 2.16 bits per heavy atom. The first-order valence-corrected chi connectivity index (χ1v) is 8.35. The summed E-state index contributed by atoms with van der Waals surface area (Å²) in [4.78, 5) is 37.6. The second-order valence-electron chi connectivity index (χ2n) is 6.34. The lowest BCUT2D eigenvalue weighted by Crippen LogP contribution is -2.52. The van der Waals surface area contributed by atoms with E-state index in [1.807, 2.05) is 6.07 Å². The van der Waals surface area contributed by atoms with Gasteiger partial charge < -0.3 is 21.1 Å². The van der Waals surface area contributed by atoms with Crippen molar-refractivity contribution < 1.29 is 19.5 Å². The van der Waals surface area contributed by atoms with Crippen molar-refractivity contribution in [2.75, 3.05) is 13.2 Å². The van der Waals surface area contributed by atoms with E-state index >= 15 is 0 Å². The zero-order valence-corrected chi connectivity index (χ0v) is 13.8. The molecule has 0 radical (unpaired) electrons. The number of aliphatic hydroxyl groups is 1. The standard InChI is InChI=1S/C17H22N4O4/c18-6-11(9-22)19-7-10-2-1-3-12-13(10)8-21(17(12)25)14-4-5-15(23)20-16(14)24/h1-3,11,14,19,22H,4-9,18H2,(H,20,23,24). The van der Waals surface area contributed by atoms with Gasteiger partial charge in [-0.1, -0.05) is 12.1 Å². The predicted molar refractivity (Wildman–Crippen MR) is 89.3 cm³/mol. The van der Waals surface area contributed by atoms with Gasteiger partial charge in [0.2, 0.25) is 11.8 Å². The quantitative estimate of drug-likeness (QED) is 0.483. The van der Waals surface area contributed by atoms with Gasteiger partial charge in [-0.2, -0.15) is 0 Å². The van der Waals surface area contributed by atoms with Crippen molar-refractivity contribution in [1.82, 2.24) is 15.5 Å². The number of hydrogen-bond acceptors (Lipinski definition) is 6. The molecule has 8 nitrogen and oxygen atoms in total. The fourth-order valence-electron chi connectivity index (χ4n) is 3.29. The number of nitrogens with zero attached hydrogens (tertiary/aromatic N) is 1. The number of nitrogens with one attached hydrogen (secondary N) is 2. The smallest absolute Gasteiger partial charge is 0.255 e. The summed E-state index contributed by atoms with van der Waals surface area (Å²) in [6.07, 6.45) is 0.581. The van der Waals surface area contributed by atoms with Crippen LogP contribution in [-0.2, 0) is 22.7 Å². The van der Waals surface area contributed by atoms with Crippen LogP contribution in [0.2, 0.25) is 0 Å². The molecule has 5 N–H and O–H groups in total. The maximum absolute atomic E-state index is 12.7. The first-order valence-electron chi connectivity index (χ1n) is 8.35. The molecule has 1 aromatic carbocycles. The molecule has 0 bridgehead atoms. The van der Waals surface area contributed by atoms with Crippen molar-refractivity contribution >= 4 is 17.7 Å². The number of imide groups is 1. The van der Waals surface area contributed by atoms with E-state index in [0.717, 1.165) is 11.1 Å². The SMILES string of the molecule is NCC(CO)NCc1cccc2c1CN(C1CCC(=O)NC1=O)C2=O. The second kappa shape index (κ2) is 7.30. The van der Waals surface area contributed by atoms with Crippen LogP contribution in [0.3, 0.4) is 0 Å². The van der Waals surface area contributed by atoms with Crippen molar-refractivity contribution in [2.24, 2.45) is 5.73 Å². The summed E-state index contributed by atoms with van der Waals surface area (Å²) in [5, 5.41) is 14.7. The van der Waals surface area contributed by atoms with E-state index in [-0.39, 0.29) is 30.9 Å². The third kappa shape index (κ3) is 3.41. The Labute approximate surface area is 145 Å². The van der Waals surface area contributed by atoms with Crippen LogP contribution in [0, 0.1) is 0 Å². The van der Waals surface area contributed by atoms with Crippen molar-refractivity contribution in [3.63, 3.8) is 0 Å². The van der Waals surface area contributed by atoms with Crippen molar-refractivity contribution in [3.8, 4) is 0 Å². The van der Waals surface area contributed by atoms with Gasteiger partial charge in [-0.25, -0.2) is 0 Å². The highest BCUT2D eigenvalue weighted by Gasteiger charge is 2.39. The van der Waals surface area contributed by atoms with Gasteiger partial charge in [-0.05, 0) is 23.6 Å². The highest BCUT2D eigenvalue weighted by molar-refractivity contribution is 6.05. The highest BCUT2D eigenvalue weighted by atomic mass is 16.3. The van der Waals surface area contributed by atoms with Crippen molar-refractivity contribution in [3.05, 3.63) is 34.9 Å². The molecule has 0 aliphatic carbocycles. The Kier molecular flexibility index (Phi) is 5.12. The van der Waals surface area contributed by atoms with Gasteiger partial charge in [-0.3, -0.25) is 19.7 Å². The summed E-state index contributed by atoms with van der Waals surface area (Å²) in [5.41, 5.74) is 7.96. The van der Waals surface area contributed by atoms with E-state index < -0.39 is 11.9 Å². The average molecular weight is 346 g/mol. The van der Waals surface area contributed by atoms with E-state index in [1.165, 1.54) is 4.90 Å². The molecule has 3 rings (SSSR count). The number of amides is 3. The molecule has 25 heavy (non-hydrogen) atoms. The van der Waals surface area contributed by atoms with E-state index in [0.29, 0.717) is 31.6 Å². The van der Waals surface area contributed by atoms with E-state index in [2.05, 4.69) is 10.6 Å². The third-order valence-corrected chi connectivity index (χ3v) is 4.77. The maximum Gasteiger partial charge on any atom is 0.255 e. The topological polar surface area (TPSA) is 125 Å². The fraction of sp³-hybridized carbons (Fsp3) is 0.471. The lowest BCUT2D eigenvalue weighted by atomic mass is 10.0. The van der Waals surface area contributed by atoms with Crippen LogP contribution in [0.4, 0.5) is 0 Å². The van der Waals surface area contributed by atoms with E-state index in [1.54, 1.807) is 12.1 Å². The Morgan fingerprint density at radius 1 is 1.36 bits per heavy atom. The molecule has 2 aliphatic heterocycles. The number of carbonyl (C=O) groups excluding carboxylic acids is 3. The minimum absolute atomic E-state index is 0.0626. The largest absolute Gasteiger partial charge is 0.395 e. The molecule has 2 aliphatic rings. The first-order chi connectivity index (χ1) is 12.0. The monoisotopic (exact) mass is 346 g/mol. The molecular formula is C17H22N4O4. The number of aliphatic hydroxyl groups excluding tert-OH is 1. The van der Waals surface area contributed by atoms with Gasteiger partial charge in [0.05, 0.1) is 6.61 Å². The van der Waals surface area contributed by atoms with Crippen LogP contribution in [-0.4, -0.2) is 53.0 Å². The molecule has 0 aromatic heterocycles. The number of nitrogens with two attached hydrogens (primary N) is 1. The summed E-state index contributed by atoms with van der Waals surface area (Å²) in [6.45, 7) is 1.06. The summed E-state index contributed by atoms with van der Waals surface area (Å²) < 4.78 is 0. The Hall–Kier alpha value is -2.29. The molecule has 2 heterocycles. The highest BCUT2D eigenvalue weighted by Crippen LogP contribution is 2.29.